The average molecular weight is 422 g/mol. The molecule has 0 spiro atoms. The van der Waals surface area contributed by atoms with Gasteiger partial charge in [-0.3, -0.25) is 9.69 Å². The minimum atomic E-state index is -0.426. The number of nitrogens with zero attached hydrogens (tertiary/aromatic N) is 4. The van der Waals surface area contributed by atoms with Crippen molar-refractivity contribution in [2.24, 2.45) is 0 Å². The molecule has 162 valence electrons. The molecule has 31 heavy (non-hydrogen) atoms. The number of benzene rings is 2. The third-order valence-electron chi connectivity index (χ3n) is 6.62. The van der Waals surface area contributed by atoms with E-state index in [1.807, 2.05) is 6.07 Å². The number of carbonyl (C=O) groups is 1. The van der Waals surface area contributed by atoms with E-state index in [1.165, 1.54) is 17.7 Å². The first kappa shape index (κ1) is 20.0. The van der Waals surface area contributed by atoms with E-state index in [0.717, 1.165) is 43.9 Å². The second kappa shape index (κ2) is 7.96. The van der Waals surface area contributed by atoms with Gasteiger partial charge >= 0.3 is 0 Å². The van der Waals surface area contributed by atoms with Crippen LogP contribution >= 0.6 is 0 Å². The number of piperidine rings is 1. The summed E-state index contributed by atoms with van der Waals surface area (Å²) in [7, 11) is 2.19. The van der Waals surface area contributed by atoms with Crippen LogP contribution in [-0.2, 0) is 6.54 Å². The summed E-state index contributed by atoms with van der Waals surface area (Å²) in [4.78, 5) is 22.0. The van der Waals surface area contributed by atoms with Crippen LogP contribution in [0, 0.1) is 5.82 Å². The summed E-state index contributed by atoms with van der Waals surface area (Å²) in [6.07, 6.45) is 2.08. The molecule has 0 aliphatic carbocycles. The van der Waals surface area contributed by atoms with Gasteiger partial charge in [-0.05, 0) is 38.4 Å². The van der Waals surface area contributed by atoms with Gasteiger partial charge in [-0.2, -0.15) is 0 Å². The largest absolute Gasteiger partial charge is 0.350 e. The Morgan fingerprint density at radius 3 is 2.68 bits per heavy atom. The lowest BCUT2D eigenvalue weighted by molar-refractivity contribution is 0.0953. The zero-order valence-corrected chi connectivity index (χ0v) is 18.0. The van der Waals surface area contributed by atoms with Crippen LogP contribution in [0.4, 0.5) is 10.3 Å². The number of hydrogen-bond acceptors (Lipinski definition) is 4. The fourth-order valence-electron chi connectivity index (χ4n) is 4.93. The molecule has 6 nitrogen and oxygen atoms in total. The van der Waals surface area contributed by atoms with Gasteiger partial charge < -0.3 is 14.8 Å². The molecule has 0 saturated carbocycles. The predicted molar refractivity (Wildman–Crippen MR) is 120 cm³/mol. The van der Waals surface area contributed by atoms with Gasteiger partial charge in [0.05, 0.1) is 22.6 Å². The fourth-order valence-corrected chi connectivity index (χ4v) is 4.93. The highest BCUT2D eigenvalue weighted by molar-refractivity contribution is 6.06. The monoisotopic (exact) mass is 421 g/mol. The van der Waals surface area contributed by atoms with Gasteiger partial charge in [-0.25, -0.2) is 9.37 Å². The number of hydrogen-bond donors (Lipinski definition) is 1. The molecule has 3 aromatic rings. The highest BCUT2D eigenvalue weighted by Crippen LogP contribution is 2.33. The van der Waals surface area contributed by atoms with Gasteiger partial charge in [-0.1, -0.05) is 30.3 Å². The minimum Gasteiger partial charge on any atom is -0.350 e. The first-order valence-electron chi connectivity index (χ1n) is 11.0. The Morgan fingerprint density at radius 2 is 1.94 bits per heavy atom. The molecule has 0 unspecified atom stereocenters. The normalized spacial score (nSPS) is 19.7. The second-order valence-electron chi connectivity index (χ2n) is 8.78. The average Bonchev–Trinajstić information content (AvgIpc) is 3.11. The van der Waals surface area contributed by atoms with Gasteiger partial charge in [0, 0.05) is 38.3 Å². The predicted octanol–water partition coefficient (Wildman–Crippen LogP) is 3.58. The molecule has 1 amide bonds. The number of rotatable bonds is 4. The van der Waals surface area contributed by atoms with Crippen LogP contribution in [0.25, 0.3) is 11.0 Å². The first-order chi connectivity index (χ1) is 15.0. The van der Waals surface area contributed by atoms with Crippen molar-refractivity contribution in [2.45, 2.75) is 38.4 Å². The van der Waals surface area contributed by atoms with Crippen molar-refractivity contribution in [2.75, 3.05) is 31.6 Å². The van der Waals surface area contributed by atoms with E-state index in [9.17, 15) is 9.18 Å². The third kappa shape index (κ3) is 3.67. The molecule has 3 heterocycles. The van der Waals surface area contributed by atoms with Crippen molar-refractivity contribution < 1.29 is 9.18 Å². The summed E-state index contributed by atoms with van der Waals surface area (Å²) in [6, 6.07) is 13.9. The van der Waals surface area contributed by atoms with Crippen molar-refractivity contribution in [3.05, 3.63) is 59.4 Å². The Hall–Kier alpha value is -2.93. The summed E-state index contributed by atoms with van der Waals surface area (Å²) >= 11 is 0. The van der Waals surface area contributed by atoms with E-state index in [1.54, 1.807) is 0 Å². The quantitative estimate of drug-likeness (QED) is 0.700. The Balaban J connectivity index is 1.39. The number of halogens is 1. The maximum Gasteiger partial charge on any atom is 0.253 e. The van der Waals surface area contributed by atoms with E-state index >= 15 is 0 Å². The molecule has 1 N–H and O–H groups in total. The highest BCUT2D eigenvalue weighted by Gasteiger charge is 2.30. The zero-order valence-electron chi connectivity index (χ0n) is 18.0. The molecule has 1 saturated heterocycles. The Labute approximate surface area is 181 Å². The maximum absolute atomic E-state index is 14.2. The molecule has 7 heteroatoms. The van der Waals surface area contributed by atoms with Crippen molar-refractivity contribution in [1.29, 1.82) is 0 Å². The molecule has 2 aromatic carbocycles. The zero-order chi connectivity index (χ0) is 21.5. The molecular weight excluding hydrogens is 393 g/mol. The Kier molecular flexibility index (Phi) is 5.14. The summed E-state index contributed by atoms with van der Waals surface area (Å²) in [5.41, 5.74) is 2.99. The SMILES string of the molecule is C[C@H]1CNC(=O)c2cc(F)cc3nc(N4CCC(N(C)Cc5ccccc5)CC4)n1c23. The van der Waals surface area contributed by atoms with Crippen LogP contribution < -0.4 is 10.2 Å². The van der Waals surface area contributed by atoms with E-state index < -0.39 is 5.82 Å². The molecule has 0 bridgehead atoms. The van der Waals surface area contributed by atoms with E-state index in [2.05, 4.69) is 57.9 Å². The van der Waals surface area contributed by atoms with E-state index in [0.29, 0.717) is 23.7 Å². The second-order valence-corrected chi connectivity index (χ2v) is 8.78. The van der Waals surface area contributed by atoms with Gasteiger partial charge in [-0.15, -0.1) is 0 Å². The summed E-state index contributed by atoms with van der Waals surface area (Å²) in [5, 5.41) is 2.91. The molecule has 5 rings (SSSR count). The topological polar surface area (TPSA) is 53.4 Å². The summed E-state index contributed by atoms with van der Waals surface area (Å²) in [5.74, 6) is 0.183. The minimum absolute atomic E-state index is 0.0501. The fraction of sp³-hybridized carbons (Fsp3) is 0.417. The maximum atomic E-state index is 14.2. The Morgan fingerprint density at radius 1 is 1.19 bits per heavy atom. The van der Waals surface area contributed by atoms with Crippen LogP contribution in [0.2, 0.25) is 0 Å². The van der Waals surface area contributed by atoms with Gasteiger partial charge in [0.25, 0.3) is 5.91 Å². The van der Waals surface area contributed by atoms with Crippen molar-refractivity contribution in [3.8, 4) is 0 Å². The van der Waals surface area contributed by atoms with E-state index in [4.69, 9.17) is 4.98 Å². The van der Waals surface area contributed by atoms with E-state index in [-0.39, 0.29) is 11.9 Å². The van der Waals surface area contributed by atoms with Crippen LogP contribution in [0.15, 0.2) is 42.5 Å². The number of anilines is 1. The molecule has 1 atom stereocenters. The molecule has 1 aromatic heterocycles. The molecule has 2 aliphatic rings. The lowest BCUT2D eigenvalue weighted by atomic mass is 10.0. The number of nitrogens with one attached hydrogen (secondary N) is 1. The Bertz CT molecular complexity index is 1100. The van der Waals surface area contributed by atoms with Crippen molar-refractivity contribution in [1.82, 2.24) is 19.8 Å². The van der Waals surface area contributed by atoms with Crippen molar-refractivity contribution >= 4 is 22.9 Å². The number of carbonyl (C=O) groups excluding carboxylic acids is 1. The lowest BCUT2D eigenvalue weighted by Crippen LogP contribution is -2.44. The van der Waals surface area contributed by atoms with Gasteiger partial charge in [0.2, 0.25) is 5.95 Å². The van der Waals surface area contributed by atoms with Crippen LogP contribution in [-0.4, -0.2) is 53.1 Å². The van der Waals surface area contributed by atoms with Gasteiger partial charge in [0.1, 0.15) is 5.82 Å². The molecule has 0 radical (unpaired) electrons. The smallest absolute Gasteiger partial charge is 0.253 e. The van der Waals surface area contributed by atoms with Crippen LogP contribution in [0.1, 0.15) is 41.7 Å². The molecule has 1 fully saturated rings. The van der Waals surface area contributed by atoms with Crippen molar-refractivity contribution in [3.63, 3.8) is 0 Å². The van der Waals surface area contributed by atoms with Gasteiger partial charge in [0.15, 0.2) is 0 Å². The summed E-state index contributed by atoms with van der Waals surface area (Å²) in [6.45, 7) is 5.29. The molecule has 2 aliphatic heterocycles. The standard InChI is InChI=1S/C24H28FN5O/c1-16-14-26-23(31)20-12-18(25)13-21-22(20)30(16)24(27-21)29-10-8-19(9-11-29)28(2)15-17-6-4-3-5-7-17/h3-7,12-13,16,19H,8-11,14-15H2,1-2H3,(H,26,31)/t16-/m0/s1. The lowest BCUT2D eigenvalue weighted by Gasteiger charge is -2.37. The number of aromatic nitrogens is 2. The number of imidazole rings is 1. The van der Waals surface area contributed by atoms with Crippen LogP contribution in [0.5, 0.6) is 0 Å². The highest BCUT2D eigenvalue weighted by atomic mass is 19.1. The summed E-state index contributed by atoms with van der Waals surface area (Å²) < 4.78 is 16.3. The molecular formula is C24H28FN5O. The third-order valence-corrected chi connectivity index (χ3v) is 6.62. The first-order valence-corrected chi connectivity index (χ1v) is 11.0. The number of amides is 1. The van der Waals surface area contributed by atoms with Crippen LogP contribution in [0.3, 0.4) is 0 Å².